The number of hydrogen-bond acceptors (Lipinski definition) is 6. The van der Waals surface area contributed by atoms with Gasteiger partial charge in [0.05, 0.1) is 12.5 Å². The lowest BCUT2D eigenvalue weighted by atomic mass is 10.1. The average Bonchev–Trinajstić information content (AvgIpc) is 2.82. The van der Waals surface area contributed by atoms with Gasteiger partial charge in [0.1, 0.15) is 29.5 Å². The number of carboxylic acid groups (broad SMARTS) is 1. The molecule has 0 radical (unpaired) electrons. The lowest BCUT2D eigenvalue weighted by Gasteiger charge is -2.19. The number of carboxylic acids is 1. The van der Waals surface area contributed by atoms with Crippen molar-refractivity contribution >= 4 is 17.7 Å². The summed E-state index contributed by atoms with van der Waals surface area (Å²) in [6.07, 6.45) is 3.49. The summed E-state index contributed by atoms with van der Waals surface area (Å²) < 4.78 is 17.2. The minimum atomic E-state index is -1.04. The number of ether oxygens (including phenoxy) is 3. The van der Waals surface area contributed by atoms with E-state index in [1.54, 1.807) is 32.2 Å². The first-order valence-electron chi connectivity index (χ1n) is 11.1. The number of aliphatic carboxylic acids is 1. The Morgan fingerprint density at radius 2 is 1.77 bits per heavy atom. The van der Waals surface area contributed by atoms with Crippen LogP contribution in [-0.4, -0.2) is 42.6 Å². The molecule has 186 valence electrons. The summed E-state index contributed by atoms with van der Waals surface area (Å²) in [5.41, 5.74) is 1.31. The van der Waals surface area contributed by atoms with Crippen molar-refractivity contribution in [2.75, 3.05) is 13.7 Å². The van der Waals surface area contributed by atoms with Gasteiger partial charge < -0.3 is 24.6 Å². The number of rotatable bonds is 12. The van der Waals surface area contributed by atoms with Crippen molar-refractivity contribution in [2.45, 2.75) is 33.0 Å². The summed E-state index contributed by atoms with van der Waals surface area (Å²) in [5, 5.41) is 11.7. The molecule has 2 aromatic rings. The highest BCUT2D eigenvalue weighted by Crippen LogP contribution is 2.28. The predicted octanol–water partition coefficient (Wildman–Crippen LogP) is 4.79. The zero-order valence-electron chi connectivity index (χ0n) is 20.4. The lowest BCUT2D eigenvalue weighted by molar-refractivity contribution is -0.138. The van der Waals surface area contributed by atoms with Crippen molar-refractivity contribution in [2.24, 2.45) is 10.9 Å². The molecule has 2 rings (SSSR count). The third-order valence-corrected chi connectivity index (χ3v) is 4.86. The summed E-state index contributed by atoms with van der Waals surface area (Å²) in [6, 6.07) is 14.7. The Kier molecular flexibility index (Phi) is 10.7. The van der Waals surface area contributed by atoms with Crippen molar-refractivity contribution in [1.82, 2.24) is 5.32 Å². The molecule has 8 nitrogen and oxygen atoms in total. The van der Waals surface area contributed by atoms with E-state index >= 15 is 0 Å². The van der Waals surface area contributed by atoms with Crippen LogP contribution in [0.25, 0.3) is 0 Å². The molecule has 0 aromatic heterocycles. The smallest absolute Gasteiger partial charge is 0.314 e. The molecule has 1 amide bonds. The third kappa shape index (κ3) is 9.10. The number of aliphatic imine (C=N–C) groups is 1. The van der Waals surface area contributed by atoms with Crippen LogP contribution >= 0.6 is 0 Å². The van der Waals surface area contributed by atoms with Gasteiger partial charge in [0.25, 0.3) is 5.91 Å². The molecule has 0 bridgehead atoms. The van der Waals surface area contributed by atoms with Crippen LogP contribution in [0.4, 0.5) is 0 Å². The van der Waals surface area contributed by atoms with Gasteiger partial charge in [-0.25, -0.2) is 4.99 Å². The molecule has 0 saturated carbocycles. The molecular weight excluding hydrogens is 448 g/mol. The van der Waals surface area contributed by atoms with Gasteiger partial charge in [-0.1, -0.05) is 36.4 Å². The number of benzene rings is 2. The molecular formula is C27H32N2O6. The third-order valence-electron chi connectivity index (χ3n) is 4.86. The van der Waals surface area contributed by atoms with Gasteiger partial charge in [0, 0.05) is 24.9 Å². The zero-order chi connectivity index (χ0) is 25.8. The lowest BCUT2D eigenvalue weighted by Crippen LogP contribution is -2.28. The number of nitrogens with one attached hydrogen (secondary N) is 1. The summed E-state index contributed by atoms with van der Waals surface area (Å²) in [4.78, 5) is 28.1. The van der Waals surface area contributed by atoms with Gasteiger partial charge in [-0.3, -0.25) is 9.59 Å². The van der Waals surface area contributed by atoms with Crippen LogP contribution in [0.3, 0.4) is 0 Å². The zero-order valence-corrected chi connectivity index (χ0v) is 20.4. The highest BCUT2D eigenvalue weighted by Gasteiger charge is 2.15. The van der Waals surface area contributed by atoms with Crippen LogP contribution in [0.5, 0.6) is 11.5 Å². The van der Waals surface area contributed by atoms with Crippen molar-refractivity contribution in [3.8, 4) is 11.5 Å². The van der Waals surface area contributed by atoms with Crippen LogP contribution in [0.2, 0.25) is 0 Å². The van der Waals surface area contributed by atoms with Crippen molar-refractivity contribution in [3.05, 3.63) is 84.6 Å². The number of amidine groups is 1. The number of methoxy groups -OCH3 is 1. The van der Waals surface area contributed by atoms with Crippen LogP contribution in [0.15, 0.2) is 78.5 Å². The van der Waals surface area contributed by atoms with Crippen LogP contribution < -0.4 is 14.8 Å². The molecule has 0 aliphatic carbocycles. The van der Waals surface area contributed by atoms with Gasteiger partial charge >= 0.3 is 5.97 Å². The largest absolute Gasteiger partial charge is 0.488 e. The Balaban J connectivity index is 2.24. The molecule has 8 heteroatoms. The van der Waals surface area contributed by atoms with Crippen LogP contribution in [-0.2, 0) is 9.53 Å². The average molecular weight is 481 g/mol. The highest BCUT2D eigenvalue weighted by molar-refractivity contribution is 6.06. The quantitative estimate of drug-likeness (QED) is 0.257. The summed E-state index contributed by atoms with van der Waals surface area (Å²) in [6.45, 7) is 9.24. The maximum absolute atomic E-state index is 12.9. The Hall–Kier alpha value is -3.91. The van der Waals surface area contributed by atoms with E-state index in [2.05, 4.69) is 16.9 Å². The van der Waals surface area contributed by atoms with E-state index in [0.717, 1.165) is 5.56 Å². The summed E-state index contributed by atoms with van der Waals surface area (Å²) in [7, 11) is 1.59. The molecule has 2 aromatic carbocycles. The summed E-state index contributed by atoms with van der Waals surface area (Å²) >= 11 is 0. The van der Waals surface area contributed by atoms with Gasteiger partial charge in [0.15, 0.2) is 0 Å². The minimum absolute atomic E-state index is 0.238. The Labute approximate surface area is 205 Å². The number of carbonyl (C=O) groups excluding carboxylic acids is 1. The van der Waals surface area contributed by atoms with E-state index < -0.39 is 17.8 Å². The predicted molar refractivity (Wildman–Crippen MR) is 135 cm³/mol. The van der Waals surface area contributed by atoms with E-state index in [1.165, 1.54) is 18.4 Å². The number of hydrogen-bond donors (Lipinski definition) is 2. The second kappa shape index (κ2) is 13.7. The maximum atomic E-state index is 12.9. The first kappa shape index (κ1) is 27.3. The van der Waals surface area contributed by atoms with Gasteiger partial charge in [0.2, 0.25) is 0 Å². The van der Waals surface area contributed by atoms with Gasteiger partial charge in [-0.15, -0.1) is 6.58 Å². The van der Waals surface area contributed by atoms with Crippen LogP contribution in [0.1, 0.15) is 42.8 Å². The minimum Gasteiger partial charge on any atom is -0.488 e. The molecule has 0 heterocycles. The second-order valence-corrected chi connectivity index (χ2v) is 7.86. The van der Waals surface area contributed by atoms with Crippen molar-refractivity contribution < 1.29 is 28.9 Å². The highest BCUT2D eigenvalue weighted by atomic mass is 16.5. The SMILES string of the molecule is C=CC(C=CN=C(C)NC(=O)c1cc(OC(C)c2ccccc2)cc(O[C@@H](C)COC)c1)C(=O)O. The number of amides is 1. The normalized spacial score (nSPS) is 14.1. The second-order valence-electron chi connectivity index (χ2n) is 7.86. The fourth-order valence-electron chi connectivity index (χ4n) is 3.11. The van der Waals surface area contributed by atoms with Gasteiger partial charge in [-0.05, 0) is 44.5 Å². The molecule has 0 aliphatic heterocycles. The molecule has 2 N–H and O–H groups in total. The van der Waals surface area contributed by atoms with E-state index in [0.29, 0.717) is 29.5 Å². The molecule has 35 heavy (non-hydrogen) atoms. The molecule has 0 spiro atoms. The van der Waals surface area contributed by atoms with Crippen molar-refractivity contribution in [1.29, 1.82) is 0 Å². The standard InChI is InChI=1S/C27H32N2O6/c1-6-21(27(31)32)12-13-28-20(4)29-26(30)23-14-24(34-18(2)17-33-5)16-25(15-23)35-19(3)22-10-8-7-9-11-22/h6-16,18-19,21H,1,17H2,2-5H3,(H,31,32)(H,28,29,30)/t18-,19?,21?/m0/s1. The molecule has 2 unspecified atom stereocenters. The van der Waals surface area contributed by atoms with E-state index in [4.69, 9.17) is 19.3 Å². The number of nitrogens with zero attached hydrogens (tertiary/aromatic N) is 1. The fraction of sp³-hybridized carbons (Fsp3) is 0.296. The monoisotopic (exact) mass is 480 g/mol. The fourth-order valence-corrected chi connectivity index (χ4v) is 3.11. The van der Waals surface area contributed by atoms with E-state index in [-0.39, 0.29) is 12.2 Å². The van der Waals surface area contributed by atoms with Crippen LogP contribution in [0, 0.1) is 5.92 Å². The van der Waals surface area contributed by atoms with Gasteiger partial charge in [-0.2, -0.15) is 0 Å². The Bertz CT molecular complexity index is 1060. The Morgan fingerprint density at radius 1 is 1.11 bits per heavy atom. The molecule has 3 atom stereocenters. The Morgan fingerprint density at radius 3 is 2.37 bits per heavy atom. The number of carbonyl (C=O) groups is 2. The molecule has 0 aliphatic rings. The topological polar surface area (TPSA) is 106 Å². The van der Waals surface area contributed by atoms with Crippen molar-refractivity contribution in [3.63, 3.8) is 0 Å². The van der Waals surface area contributed by atoms with E-state index in [9.17, 15) is 9.59 Å². The summed E-state index contributed by atoms with van der Waals surface area (Å²) in [5.74, 6) is -1.10. The maximum Gasteiger partial charge on any atom is 0.314 e. The molecule has 0 saturated heterocycles. The first-order valence-corrected chi connectivity index (χ1v) is 11.1. The van der Waals surface area contributed by atoms with E-state index in [1.807, 2.05) is 44.2 Å². The molecule has 0 fully saturated rings. The first-order chi connectivity index (χ1) is 16.7.